The smallest absolute Gasteiger partial charge is 0.356 e. The van der Waals surface area contributed by atoms with E-state index < -0.39 is 5.97 Å². The number of fused-ring (bicyclic) bond motifs is 1. The van der Waals surface area contributed by atoms with Gasteiger partial charge in [-0.25, -0.2) is 9.78 Å². The quantitative estimate of drug-likeness (QED) is 0.943. The highest BCUT2D eigenvalue weighted by Gasteiger charge is 2.25. The summed E-state index contributed by atoms with van der Waals surface area (Å²) < 4.78 is 11.2. The first-order valence-electron chi connectivity index (χ1n) is 6.58. The van der Waals surface area contributed by atoms with Crippen LogP contribution in [-0.2, 0) is 6.42 Å². The molecule has 1 unspecified atom stereocenters. The molecule has 110 valence electrons. The molecule has 0 radical (unpaired) electrons. The second-order valence-corrected chi connectivity index (χ2v) is 6.21. The molecular formula is C15H15NO4S. The highest BCUT2D eigenvalue weighted by Crippen LogP contribution is 2.42. The monoisotopic (exact) mass is 305 g/mol. The number of carbonyl (C=O) groups is 1. The van der Waals surface area contributed by atoms with Crippen LogP contribution >= 0.6 is 11.3 Å². The molecule has 1 N–H and O–H groups in total. The van der Waals surface area contributed by atoms with Crippen LogP contribution in [0.5, 0.6) is 11.5 Å². The van der Waals surface area contributed by atoms with E-state index in [0.29, 0.717) is 21.2 Å². The van der Waals surface area contributed by atoms with E-state index in [-0.39, 0.29) is 11.8 Å². The molecule has 5 nitrogen and oxygen atoms in total. The second kappa shape index (κ2) is 5.04. The first-order chi connectivity index (χ1) is 9.99. The van der Waals surface area contributed by atoms with Crippen LogP contribution in [0.2, 0.25) is 0 Å². The molecule has 1 aliphatic heterocycles. The van der Waals surface area contributed by atoms with E-state index in [1.807, 2.05) is 19.1 Å². The zero-order chi connectivity index (χ0) is 15.1. The largest absolute Gasteiger partial charge is 0.496 e. The number of benzene rings is 1. The lowest BCUT2D eigenvalue weighted by atomic mass is 10.0. The van der Waals surface area contributed by atoms with E-state index in [9.17, 15) is 9.90 Å². The normalized spacial score (nSPS) is 16.4. The Labute approximate surface area is 126 Å². The number of hydrogen-bond acceptors (Lipinski definition) is 5. The number of carboxylic acid groups (broad SMARTS) is 1. The maximum absolute atomic E-state index is 11.4. The molecule has 0 saturated carbocycles. The Hall–Kier alpha value is -2.08. The van der Waals surface area contributed by atoms with Gasteiger partial charge in [-0.1, -0.05) is 0 Å². The second-order valence-electron chi connectivity index (χ2n) is 5.01. The van der Waals surface area contributed by atoms with Crippen molar-refractivity contribution >= 4 is 17.3 Å². The predicted octanol–water partition coefficient (Wildman–Crippen LogP) is 3.15. The number of ether oxygens (including phenoxy) is 2. The molecule has 1 aromatic heterocycles. The van der Waals surface area contributed by atoms with Crippen molar-refractivity contribution in [3.63, 3.8) is 0 Å². The van der Waals surface area contributed by atoms with Crippen molar-refractivity contribution in [1.29, 1.82) is 0 Å². The lowest BCUT2D eigenvalue weighted by Crippen LogP contribution is -2.05. The van der Waals surface area contributed by atoms with Gasteiger partial charge in [0.25, 0.3) is 0 Å². The number of nitrogens with zero attached hydrogens (tertiary/aromatic N) is 1. The Morgan fingerprint density at radius 3 is 2.95 bits per heavy atom. The molecule has 2 aromatic rings. The fraction of sp³-hybridized carbons (Fsp3) is 0.333. The van der Waals surface area contributed by atoms with Crippen LogP contribution < -0.4 is 9.47 Å². The zero-order valence-electron chi connectivity index (χ0n) is 12.0. The van der Waals surface area contributed by atoms with Crippen LogP contribution in [0.15, 0.2) is 12.1 Å². The van der Waals surface area contributed by atoms with Gasteiger partial charge in [0.1, 0.15) is 17.6 Å². The molecule has 1 aliphatic rings. The van der Waals surface area contributed by atoms with Gasteiger partial charge in [-0.3, -0.25) is 0 Å². The lowest BCUT2D eigenvalue weighted by molar-refractivity contribution is 0.0692. The third-order valence-electron chi connectivity index (χ3n) is 3.40. The fourth-order valence-electron chi connectivity index (χ4n) is 2.54. The van der Waals surface area contributed by atoms with Crippen LogP contribution in [0, 0.1) is 6.92 Å². The summed E-state index contributed by atoms with van der Waals surface area (Å²) in [5.41, 5.74) is 1.86. The number of hydrogen-bond donors (Lipinski definition) is 1. The van der Waals surface area contributed by atoms with Crippen molar-refractivity contribution in [3.05, 3.63) is 28.4 Å². The first-order valence-corrected chi connectivity index (χ1v) is 7.40. The molecule has 0 fully saturated rings. The molecule has 0 spiro atoms. The highest BCUT2D eigenvalue weighted by atomic mass is 32.1. The SMILES string of the molecule is COc1cc2c(cc1-c1sc(C)nc1C(=O)O)OC(C)C2. The summed E-state index contributed by atoms with van der Waals surface area (Å²) in [6.07, 6.45) is 0.960. The van der Waals surface area contributed by atoms with Gasteiger partial charge in [0, 0.05) is 17.5 Å². The first kappa shape index (κ1) is 13.9. The Morgan fingerprint density at radius 2 is 2.29 bits per heavy atom. The van der Waals surface area contributed by atoms with Gasteiger partial charge in [0.05, 0.1) is 17.0 Å². The summed E-state index contributed by atoms with van der Waals surface area (Å²) in [6, 6.07) is 3.78. The maximum atomic E-state index is 11.4. The van der Waals surface area contributed by atoms with E-state index in [0.717, 1.165) is 17.7 Å². The van der Waals surface area contributed by atoms with E-state index in [4.69, 9.17) is 9.47 Å². The standard InChI is InChI=1S/C15H15NO4S/c1-7-4-9-5-12(19-3)10(6-11(9)20-7)14-13(15(17)18)16-8(2)21-14/h5-7H,4H2,1-3H3,(H,17,18). The summed E-state index contributed by atoms with van der Waals surface area (Å²) in [5, 5.41) is 10.0. The van der Waals surface area contributed by atoms with Crippen LogP contribution in [0.4, 0.5) is 0 Å². The van der Waals surface area contributed by atoms with Crippen molar-refractivity contribution in [1.82, 2.24) is 4.98 Å². The maximum Gasteiger partial charge on any atom is 0.356 e. The van der Waals surface area contributed by atoms with Crippen LogP contribution in [0.25, 0.3) is 10.4 Å². The Morgan fingerprint density at radius 1 is 1.52 bits per heavy atom. The van der Waals surface area contributed by atoms with Crippen LogP contribution in [0.1, 0.15) is 28.0 Å². The number of methoxy groups -OCH3 is 1. The van der Waals surface area contributed by atoms with Gasteiger partial charge in [-0.05, 0) is 26.0 Å². The molecule has 21 heavy (non-hydrogen) atoms. The predicted molar refractivity (Wildman–Crippen MR) is 79.6 cm³/mol. The molecule has 2 heterocycles. The van der Waals surface area contributed by atoms with Gasteiger partial charge in [0.2, 0.25) is 0 Å². The van der Waals surface area contributed by atoms with E-state index in [1.54, 1.807) is 14.0 Å². The van der Waals surface area contributed by atoms with Crippen molar-refractivity contribution in [2.24, 2.45) is 0 Å². The summed E-state index contributed by atoms with van der Waals surface area (Å²) in [7, 11) is 1.58. The third-order valence-corrected chi connectivity index (χ3v) is 4.40. The lowest BCUT2D eigenvalue weighted by Gasteiger charge is -2.10. The number of aromatic nitrogens is 1. The summed E-state index contributed by atoms with van der Waals surface area (Å²) in [4.78, 5) is 16.1. The molecule has 3 rings (SSSR count). The Balaban J connectivity index is 2.19. The number of aryl methyl sites for hydroxylation is 1. The summed E-state index contributed by atoms with van der Waals surface area (Å²) in [6.45, 7) is 3.80. The molecule has 1 aromatic carbocycles. The van der Waals surface area contributed by atoms with Crippen molar-refractivity contribution in [2.45, 2.75) is 26.4 Å². The van der Waals surface area contributed by atoms with Gasteiger partial charge < -0.3 is 14.6 Å². The third kappa shape index (κ3) is 2.35. The van der Waals surface area contributed by atoms with E-state index >= 15 is 0 Å². The van der Waals surface area contributed by atoms with E-state index in [1.165, 1.54) is 11.3 Å². The number of carboxylic acids is 1. The molecule has 0 amide bonds. The van der Waals surface area contributed by atoms with Crippen molar-refractivity contribution in [3.8, 4) is 21.9 Å². The molecular weight excluding hydrogens is 290 g/mol. The Bertz CT molecular complexity index is 723. The summed E-state index contributed by atoms with van der Waals surface area (Å²) >= 11 is 1.34. The average Bonchev–Trinajstić information content (AvgIpc) is 2.98. The minimum absolute atomic E-state index is 0.0572. The number of rotatable bonds is 3. The number of aromatic carboxylic acids is 1. The highest BCUT2D eigenvalue weighted by molar-refractivity contribution is 7.15. The molecule has 6 heteroatoms. The van der Waals surface area contributed by atoms with Crippen LogP contribution in [-0.4, -0.2) is 29.3 Å². The zero-order valence-corrected chi connectivity index (χ0v) is 12.8. The van der Waals surface area contributed by atoms with Crippen LogP contribution in [0.3, 0.4) is 0 Å². The van der Waals surface area contributed by atoms with Crippen molar-refractivity contribution in [2.75, 3.05) is 7.11 Å². The van der Waals surface area contributed by atoms with Gasteiger partial charge >= 0.3 is 5.97 Å². The molecule has 1 atom stereocenters. The van der Waals surface area contributed by atoms with Gasteiger partial charge in [0.15, 0.2) is 5.69 Å². The fourth-order valence-corrected chi connectivity index (χ4v) is 3.47. The topological polar surface area (TPSA) is 68.7 Å². The molecule has 0 aliphatic carbocycles. The molecule has 0 saturated heterocycles. The van der Waals surface area contributed by atoms with E-state index in [2.05, 4.69) is 4.98 Å². The van der Waals surface area contributed by atoms with Gasteiger partial charge in [-0.2, -0.15) is 0 Å². The Kier molecular flexibility index (Phi) is 3.33. The van der Waals surface area contributed by atoms with Gasteiger partial charge in [-0.15, -0.1) is 11.3 Å². The summed E-state index contributed by atoms with van der Waals surface area (Å²) in [5.74, 6) is 0.407. The number of thiazole rings is 1. The minimum atomic E-state index is -1.04. The minimum Gasteiger partial charge on any atom is -0.496 e. The average molecular weight is 305 g/mol. The molecule has 0 bridgehead atoms. The van der Waals surface area contributed by atoms with Crippen molar-refractivity contribution < 1.29 is 19.4 Å².